The highest BCUT2D eigenvalue weighted by Crippen LogP contribution is 2.13. The van der Waals surface area contributed by atoms with Crippen LogP contribution in [0.15, 0.2) is 59.6 Å². The Morgan fingerprint density at radius 2 is 1.65 bits per heavy atom. The van der Waals surface area contributed by atoms with Crippen LogP contribution >= 0.6 is 0 Å². The molecular formula is C16H16N2O4S. The van der Waals surface area contributed by atoms with Crippen LogP contribution in [0.2, 0.25) is 0 Å². The zero-order valence-electron chi connectivity index (χ0n) is 12.4. The number of hydrogen-bond donors (Lipinski definition) is 3. The fourth-order valence-corrected chi connectivity index (χ4v) is 2.25. The lowest BCUT2D eigenvalue weighted by Crippen LogP contribution is -2.23. The summed E-state index contributed by atoms with van der Waals surface area (Å²) in [7, 11) is -4.24. The highest BCUT2D eigenvalue weighted by atomic mass is 32.2. The van der Waals surface area contributed by atoms with Crippen LogP contribution in [0.3, 0.4) is 0 Å². The molecule has 0 aromatic heterocycles. The molecule has 7 heteroatoms. The number of hydrogen-bond acceptors (Lipinski definition) is 3. The van der Waals surface area contributed by atoms with E-state index in [4.69, 9.17) is 4.55 Å². The number of amides is 2. The standard InChI is InChI=1S/C16H16N2O4S/c1-12-2-4-13(5-3-12)10-11-17-16(19)18-14-6-8-15(9-7-14)23(20,21)22/h2-11H,1H3,(H2,17,18,19)(H,20,21,22)/b11-10+. The lowest BCUT2D eigenvalue weighted by atomic mass is 10.1. The maximum absolute atomic E-state index is 11.7. The smallest absolute Gasteiger partial charge is 0.314 e. The van der Waals surface area contributed by atoms with Gasteiger partial charge in [-0.25, -0.2) is 4.79 Å². The topological polar surface area (TPSA) is 95.5 Å². The molecule has 0 heterocycles. The Balaban J connectivity index is 1.91. The minimum Gasteiger partial charge on any atom is -0.314 e. The van der Waals surface area contributed by atoms with E-state index in [2.05, 4.69) is 10.6 Å². The molecule has 6 nitrogen and oxygen atoms in total. The number of benzene rings is 2. The number of rotatable bonds is 4. The van der Waals surface area contributed by atoms with E-state index in [9.17, 15) is 13.2 Å². The largest absolute Gasteiger partial charge is 0.323 e. The first-order valence-electron chi connectivity index (χ1n) is 6.73. The van der Waals surface area contributed by atoms with Crippen LogP contribution in [-0.4, -0.2) is 19.0 Å². The van der Waals surface area contributed by atoms with E-state index in [1.807, 2.05) is 31.2 Å². The van der Waals surface area contributed by atoms with Crippen molar-refractivity contribution in [1.29, 1.82) is 0 Å². The molecule has 0 saturated heterocycles. The molecule has 0 fully saturated rings. The lowest BCUT2D eigenvalue weighted by Gasteiger charge is -2.05. The van der Waals surface area contributed by atoms with E-state index >= 15 is 0 Å². The Morgan fingerprint density at radius 3 is 2.22 bits per heavy atom. The van der Waals surface area contributed by atoms with Gasteiger partial charge in [0, 0.05) is 11.9 Å². The summed E-state index contributed by atoms with van der Waals surface area (Å²) < 4.78 is 30.7. The van der Waals surface area contributed by atoms with Crippen LogP contribution in [0.1, 0.15) is 11.1 Å². The highest BCUT2D eigenvalue weighted by Gasteiger charge is 2.08. The zero-order valence-corrected chi connectivity index (χ0v) is 13.2. The molecule has 0 spiro atoms. The van der Waals surface area contributed by atoms with Crippen LogP contribution in [0, 0.1) is 6.92 Å². The molecule has 0 radical (unpaired) electrons. The first-order valence-corrected chi connectivity index (χ1v) is 8.17. The van der Waals surface area contributed by atoms with Crippen molar-refractivity contribution in [3.63, 3.8) is 0 Å². The Bertz CT molecular complexity index is 810. The minimum atomic E-state index is -4.24. The highest BCUT2D eigenvalue weighted by molar-refractivity contribution is 7.85. The number of carbonyl (C=O) groups excluding carboxylic acids is 1. The average Bonchev–Trinajstić information content (AvgIpc) is 2.49. The predicted molar refractivity (Wildman–Crippen MR) is 88.6 cm³/mol. The van der Waals surface area contributed by atoms with Crippen LogP contribution < -0.4 is 10.6 Å². The van der Waals surface area contributed by atoms with E-state index < -0.39 is 16.1 Å². The van der Waals surface area contributed by atoms with Gasteiger partial charge in [-0.05, 0) is 42.8 Å². The van der Waals surface area contributed by atoms with Gasteiger partial charge in [-0.1, -0.05) is 29.8 Å². The third-order valence-corrected chi connectivity index (χ3v) is 3.85. The SMILES string of the molecule is Cc1ccc(/C=C/NC(=O)Nc2ccc(S(=O)(=O)O)cc2)cc1. The van der Waals surface area contributed by atoms with E-state index in [0.29, 0.717) is 5.69 Å². The number of nitrogens with one attached hydrogen (secondary N) is 2. The quantitative estimate of drug-likeness (QED) is 0.750. The number of anilines is 1. The molecule has 0 saturated carbocycles. The van der Waals surface area contributed by atoms with Crippen LogP contribution in [0.25, 0.3) is 6.08 Å². The molecule has 0 bridgehead atoms. The summed E-state index contributed by atoms with van der Waals surface area (Å²) in [4.78, 5) is 11.5. The van der Waals surface area contributed by atoms with Gasteiger partial charge in [0.05, 0.1) is 4.90 Å². The molecule has 120 valence electrons. The van der Waals surface area contributed by atoms with Gasteiger partial charge in [0.15, 0.2) is 0 Å². The second-order valence-corrected chi connectivity index (χ2v) is 6.26. The fourth-order valence-electron chi connectivity index (χ4n) is 1.77. The summed E-state index contributed by atoms with van der Waals surface area (Å²) in [5.41, 5.74) is 2.51. The van der Waals surface area contributed by atoms with Gasteiger partial charge < -0.3 is 10.6 Å². The van der Waals surface area contributed by atoms with E-state index in [0.717, 1.165) is 11.1 Å². The summed E-state index contributed by atoms with van der Waals surface area (Å²) in [5, 5.41) is 5.08. The monoisotopic (exact) mass is 332 g/mol. The van der Waals surface area contributed by atoms with Gasteiger partial charge in [-0.15, -0.1) is 0 Å². The van der Waals surface area contributed by atoms with Gasteiger partial charge in [0.2, 0.25) is 0 Å². The van der Waals surface area contributed by atoms with Gasteiger partial charge in [-0.3, -0.25) is 4.55 Å². The predicted octanol–water partition coefficient (Wildman–Crippen LogP) is 3.03. The van der Waals surface area contributed by atoms with E-state index in [-0.39, 0.29) is 4.90 Å². The summed E-state index contributed by atoms with van der Waals surface area (Å²) in [6.45, 7) is 1.99. The molecule has 0 aliphatic heterocycles. The van der Waals surface area contributed by atoms with Crippen molar-refractivity contribution in [3.8, 4) is 0 Å². The van der Waals surface area contributed by atoms with Crippen molar-refractivity contribution in [2.45, 2.75) is 11.8 Å². The minimum absolute atomic E-state index is 0.234. The maximum Gasteiger partial charge on any atom is 0.323 e. The van der Waals surface area contributed by atoms with Crippen molar-refractivity contribution < 1.29 is 17.8 Å². The summed E-state index contributed by atoms with van der Waals surface area (Å²) in [6.07, 6.45) is 3.26. The third kappa shape index (κ3) is 5.24. The Labute approximate surface area is 134 Å². The Morgan fingerprint density at radius 1 is 1.04 bits per heavy atom. The molecule has 2 aromatic carbocycles. The second kappa shape index (κ2) is 7.08. The number of aryl methyl sites for hydroxylation is 1. The van der Waals surface area contributed by atoms with Gasteiger partial charge in [0.1, 0.15) is 0 Å². The molecule has 0 atom stereocenters. The van der Waals surface area contributed by atoms with E-state index in [1.165, 1.54) is 30.5 Å². The average molecular weight is 332 g/mol. The summed E-state index contributed by atoms with van der Waals surface area (Å²) in [5.74, 6) is 0. The van der Waals surface area contributed by atoms with Crippen LogP contribution in [0.5, 0.6) is 0 Å². The number of carbonyl (C=O) groups is 1. The number of urea groups is 1. The first kappa shape index (κ1) is 16.7. The lowest BCUT2D eigenvalue weighted by molar-refractivity contribution is 0.255. The molecule has 0 aliphatic carbocycles. The molecule has 2 aromatic rings. The molecule has 2 rings (SSSR count). The van der Waals surface area contributed by atoms with Crippen molar-refractivity contribution in [3.05, 3.63) is 65.9 Å². The van der Waals surface area contributed by atoms with Gasteiger partial charge >= 0.3 is 6.03 Å². The van der Waals surface area contributed by atoms with Crippen molar-refractivity contribution in [2.24, 2.45) is 0 Å². The van der Waals surface area contributed by atoms with Crippen molar-refractivity contribution in [1.82, 2.24) is 5.32 Å². The van der Waals surface area contributed by atoms with E-state index in [1.54, 1.807) is 6.08 Å². The zero-order chi connectivity index (χ0) is 16.9. The Kier molecular flexibility index (Phi) is 5.15. The summed E-state index contributed by atoms with van der Waals surface area (Å²) >= 11 is 0. The molecule has 0 aliphatic rings. The van der Waals surface area contributed by atoms with Crippen LogP contribution in [-0.2, 0) is 10.1 Å². The molecular weight excluding hydrogens is 316 g/mol. The van der Waals surface area contributed by atoms with Crippen LogP contribution in [0.4, 0.5) is 10.5 Å². The molecule has 3 N–H and O–H groups in total. The maximum atomic E-state index is 11.7. The van der Waals surface area contributed by atoms with Crippen molar-refractivity contribution in [2.75, 3.05) is 5.32 Å². The molecule has 2 amide bonds. The molecule has 23 heavy (non-hydrogen) atoms. The van der Waals surface area contributed by atoms with Crippen molar-refractivity contribution >= 4 is 27.9 Å². The normalized spacial score (nSPS) is 11.4. The van der Waals surface area contributed by atoms with Gasteiger partial charge in [0.25, 0.3) is 10.1 Å². The second-order valence-electron chi connectivity index (χ2n) is 4.84. The van der Waals surface area contributed by atoms with Gasteiger partial charge in [-0.2, -0.15) is 8.42 Å². The third-order valence-electron chi connectivity index (χ3n) is 2.98. The Hall–Kier alpha value is -2.64. The first-order chi connectivity index (χ1) is 10.8. The fraction of sp³-hybridized carbons (Fsp3) is 0.0625. The summed E-state index contributed by atoms with van der Waals surface area (Å²) in [6, 6.07) is 12.5. The molecule has 0 unspecified atom stereocenters.